The van der Waals surface area contributed by atoms with E-state index in [1.807, 2.05) is 60.7 Å². The summed E-state index contributed by atoms with van der Waals surface area (Å²) in [5, 5.41) is 6.50. The molecule has 1 aliphatic rings. The summed E-state index contributed by atoms with van der Waals surface area (Å²) in [6.45, 7) is 0.889. The smallest absolute Gasteiger partial charge is 0.252 e. The van der Waals surface area contributed by atoms with Gasteiger partial charge in [0, 0.05) is 23.7 Å². The number of benzene rings is 3. The van der Waals surface area contributed by atoms with Crippen molar-refractivity contribution in [3.8, 4) is 0 Å². The highest BCUT2D eigenvalue weighted by Crippen LogP contribution is 2.24. The number of nitrogens with zero attached hydrogens (tertiary/aromatic N) is 1. The Hall–Kier alpha value is -3.64. The fraction of sp³-hybridized carbons (Fsp3) is 0.250. The van der Waals surface area contributed by atoms with E-state index in [4.69, 9.17) is 11.6 Å². The van der Waals surface area contributed by atoms with Gasteiger partial charge in [-0.25, -0.2) is 0 Å². The maximum atomic E-state index is 13.7. The molecule has 1 fully saturated rings. The number of hydrogen-bond donors (Lipinski definition) is 2. The number of carbonyl (C=O) groups excluding carboxylic acids is 3. The van der Waals surface area contributed by atoms with Gasteiger partial charge in [0.05, 0.1) is 0 Å². The van der Waals surface area contributed by atoms with Crippen molar-refractivity contribution in [3.05, 3.63) is 107 Å². The van der Waals surface area contributed by atoms with Crippen molar-refractivity contribution in [3.63, 3.8) is 0 Å². The number of amides is 3. The molecule has 180 valence electrons. The molecule has 2 N–H and O–H groups in total. The fourth-order valence-corrected chi connectivity index (χ4v) is 4.58. The minimum Gasteiger partial charge on any atom is -0.354 e. The van der Waals surface area contributed by atoms with Crippen molar-refractivity contribution in [2.75, 3.05) is 13.1 Å². The molecule has 1 heterocycles. The monoisotopic (exact) mass is 489 g/mol. The van der Waals surface area contributed by atoms with Gasteiger partial charge in [-0.3, -0.25) is 14.4 Å². The number of nitrogens with one attached hydrogen (secondary N) is 2. The molecule has 1 saturated heterocycles. The summed E-state index contributed by atoms with van der Waals surface area (Å²) in [4.78, 5) is 41.2. The van der Waals surface area contributed by atoms with Crippen LogP contribution in [0.1, 0.15) is 40.4 Å². The van der Waals surface area contributed by atoms with Gasteiger partial charge in [0.2, 0.25) is 11.8 Å². The highest BCUT2D eigenvalue weighted by molar-refractivity contribution is 6.31. The van der Waals surface area contributed by atoms with Gasteiger partial charge in [0.15, 0.2) is 0 Å². The van der Waals surface area contributed by atoms with Crippen LogP contribution in [0.3, 0.4) is 0 Å². The standard InChI is InChI=1S/C28H28ClN3O3/c29-23-15-8-7-10-20(23)17-18-30-27(34)24-16-9-19-32(24)28(35)25(21-11-3-1-4-12-21)31-26(33)22-13-5-2-6-14-22/h1-8,10-15,24-25H,9,16-19H2,(H,30,34)(H,31,33)/t24-,25-/m0/s1. The maximum Gasteiger partial charge on any atom is 0.252 e. The Balaban J connectivity index is 1.46. The van der Waals surface area contributed by atoms with Gasteiger partial charge < -0.3 is 15.5 Å². The lowest BCUT2D eigenvalue weighted by Gasteiger charge is -2.29. The molecule has 3 aromatic rings. The first-order valence-electron chi connectivity index (χ1n) is 11.8. The molecule has 0 bridgehead atoms. The van der Waals surface area contributed by atoms with Crippen LogP contribution in [0.25, 0.3) is 0 Å². The lowest BCUT2D eigenvalue weighted by atomic mass is 10.0. The van der Waals surface area contributed by atoms with Crippen LogP contribution < -0.4 is 10.6 Å². The van der Waals surface area contributed by atoms with E-state index in [0.717, 1.165) is 12.0 Å². The van der Waals surface area contributed by atoms with Crippen LogP contribution >= 0.6 is 11.6 Å². The molecule has 3 amide bonds. The summed E-state index contributed by atoms with van der Waals surface area (Å²) in [6, 6.07) is 24.0. The zero-order chi connectivity index (χ0) is 24.6. The highest BCUT2D eigenvalue weighted by Gasteiger charge is 2.38. The first-order chi connectivity index (χ1) is 17.0. The van der Waals surface area contributed by atoms with E-state index >= 15 is 0 Å². The summed E-state index contributed by atoms with van der Waals surface area (Å²) in [5.41, 5.74) is 2.10. The molecule has 7 heteroatoms. The third kappa shape index (κ3) is 6.08. The predicted molar refractivity (Wildman–Crippen MR) is 136 cm³/mol. The van der Waals surface area contributed by atoms with Crippen LogP contribution in [0.5, 0.6) is 0 Å². The Kier molecular flexibility index (Phi) is 8.16. The molecule has 0 radical (unpaired) electrons. The second kappa shape index (κ2) is 11.7. The van der Waals surface area contributed by atoms with Crippen molar-refractivity contribution >= 4 is 29.3 Å². The highest BCUT2D eigenvalue weighted by atomic mass is 35.5. The first-order valence-corrected chi connectivity index (χ1v) is 12.1. The average molecular weight is 490 g/mol. The van der Waals surface area contributed by atoms with Crippen LogP contribution in [0.2, 0.25) is 5.02 Å². The molecular weight excluding hydrogens is 462 g/mol. The van der Waals surface area contributed by atoms with Crippen molar-refractivity contribution in [2.45, 2.75) is 31.3 Å². The SMILES string of the molecule is O=C(N[C@H](C(=O)N1CCC[C@H]1C(=O)NCCc1ccccc1Cl)c1ccccc1)c1ccccc1. The summed E-state index contributed by atoms with van der Waals surface area (Å²) in [5.74, 6) is -0.818. The van der Waals surface area contributed by atoms with Gasteiger partial charge in [-0.2, -0.15) is 0 Å². The maximum absolute atomic E-state index is 13.7. The van der Waals surface area contributed by atoms with Crippen LogP contribution in [-0.2, 0) is 16.0 Å². The van der Waals surface area contributed by atoms with Gasteiger partial charge in [-0.15, -0.1) is 0 Å². The Morgan fingerprint density at radius 2 is 1.57 bits per heavy atom. The van der Waals surface area contributed by atoms with Crippen molar-refractivity contribution in [1.29, 1.82) is 0 Å². The number of likely N-dealkylation sites (tertiary alicyclic amines) is 1. The second-order valence-corrected chi connectivity index (χ2v) is 8.91. The third-order valence-electron chi connectivity index (χ3n) is 6.18. The van der Waals surface area contributed by atoms with Crippen LogP contribution in [0.15, 0.2) is 84.9 Å². The molecule has 3 aromatic carbocycles. The number of carbonyl (C=O) groups is 3. The Bertz CT molecular complexity index is 1170. The normalized spacial score (nSPS) is 15.9. The topological polar surface area (TPSA) is 78.5 Å². The van der Waals surface area contributed by atoms with E-state index in [1.165, 1.54) is 0 Å². The lowest BCUT2D eigenvalue weighted by Crippen LogP contribution is -2.50. The Morgan fingerprint density at radius 1 is 0.914 bits per heavy atom. The average Bonchev–Trinajstić information content (AvgIpc) is 3.39. The van der Waals surface area contributed by atoms with E-state index < -0.39 is 12.1 Å². The van der Waals surface area contributed by atoms with E-state index in [2.05, 4.69) is 10.6 Å². The van der Waals surface area contributed by atoms with Gasteiger partial charge in [-0.1, -0.05) is 78.3 Å². The van der Waals surface area contributed by atoms with Gasteiger partial charge >= 0.3 is 0 Å². The minimum absolute atomic E-state index is 0.191. The van der Waals surface area contributed by atoms with E-state index in [1.54, 1.807) is 29.2 Å². The van der Waals surface area contributed by atoms with E-state index in [0.29, 0.717) is 42.1 Å². The van der Waals surface area contributed by atoms with Gasteiger partial charge in [0.25, 0.3) is 5.91 Å². The molecule has 4 rings (SSSR count). The Labute approximate surface area is 210 Å². The molecule has 0 saturated carbocycles. The van der Waals surface area contributed by atoms with Crippen molar-refractivity contribution in [2.24, 2.45) is 0 Å². The zero-order valence-electron chi connectivity index (χ0n) is 19.3. The van der Waals surface area contributed by atoms with Gasteiger partial charge in [0.1, 0.15) is 12.1 Å². The molecule has 0 unspecified atom stereocenters. The van der Waals surface area contributed by atoms with E-state index in [-0.39, 0.29) is 17.7 Å². The van der Waals surface area contributed by atoms with Crippen molar-refractivity contribution in [1.82, 2.24) is 15.5 Å². The molecule has 1 aliphatic heterocycles. The largest absolute Gasteiger partial charge is 0.354 e. The molecule has 2 atom stereocenters. The number of halogens is 1. The molecule has 0 aliphatic carbocycles. The number of rotatable bonds is 8. The summed E-state index contributed by atoms with van der Waals surface area (Å²) >= 11 is 6.21. The second-order valence-electron chi connectivity index (χ2n) is 8.51. The molecule has 6 nitrogen and oxygen atoms in total. The quantitative estimate of drug-likeness (QED) is 0.498. The number of hydrogen-bond acceptors (Lipinski definition) is 3. The lowest BCUT2D eigenvalue weighted by molar-refractivity contribution is -0.140. The fourth-order valence-electron chi connectivity index (χ4n) is 4.35. The third-order valence-corrected chi connectivity index (χ3v) is 6.55. The van der Waals surface area contributed by atoms with Gasteiger partial charge in [-0.05, 0) is 48.6 Å². The minimum atomic E-state index is -0.888. The van der Waals surface area contributed by atoms with E-state index in [9.17, 15) is 14.4 Å². The molecular formula is C28H28ClN3O3. The summed E-state index contributed by atoms with van der Waals surface area (Å²) in [6.07, 6.45) is 1.91. The molecule has 0 spiro atoms. The predicted octanol–water partition coefficient (Wildman–Crippen LogP) is 4.16. The molecule has 35 heavy (non-hydrogen) atoms. The molecule has 0 aromatic heterocycles. The van der Waals surface area contributed by atoms with Crippen LogP contribution in [0.4, 0.5) is 0 Å². The van der Waals surface area contributed by atoms with Crippen LogP contribution in [-0.4, -0.2) is 41.8 Å². The first kappa shape index (κ1) is 24.5. The van der Waals surface area contributed by atoms with Crippen molar-refractivity contribution < 1.29 is 14.4 Å². The zero-order valence-corrected chi connectivity index (χ0v) is 20.1. The summed E-state index contributed by atoms with van der Waals surface area (Å²) in [7, 11) is 0. The Morgan fingerprint density at radius 3 is 2.29 bits per heavy atom. The van der Waals surface area contributed by atoms with Crippen LogP contribution in [0, 0.1) is 0 Å². The summed E-state index contributed by atoms with van der Waals surface area (Å²) < 4.78 is 0.